The van der Waals surface area contributed by atoms with Crippen molar-refractivity contribution in [2.24, 2.45) is 17.8 Å². The molecule has 6 atom stereocenters. The normalized spacial score (nSPS) is 31.0. The van der Waals surface area contributed by atoms with Gasteiger partial charge in [0.2, 0.25) is 0 Å². The van der Waals surface area contributed by atoms with Gasteiger partial charge < -0.3 is 19.3 Å². The number of aliphatic hydroxyl groups is 1. The standard InChI is InChI=1S/C27H44O5/c1-3-4-5-11-22(28)14-15-23-24-18-20(10-6-7-12-26(29)30-2)17-21(24)19-25(23)32-27-13-8-9-16-31-27/h14-15,17,21-25,27-28H,3-13,16,18-19H2,1-2H3/t21-,22?,23+,24+,25+,27?/m1/s1. The molecule has 3 rings (SSSR count). The number of allylic oxidation sites excluding steroid dienone is 2. The molecule has 1 N–H and O–H groups in total. The van der Waals surface area contributed by atoms with Crippen LogP contribution in [-0.4, -0.2) is 43.3 Å². The third kappa shape index (κ3) is 7.71. The van der Waals surface area contributed by atoms with Crippen molar-refractivity contribution in [1.29, 1.82) is 0 Å². The first-order valence-corrected chi connectivity index (χ1v) is 13.0. The summed E-state index contributed by atoms with van der Waals surface area (Å²) in [4.78, 5) is 11.3. The SMILES string of the molecule is CCCCCC(O)C=C[C@H]1[C@H]2CC(CCCCC(=O)OC)=C[C@@H]2C[C@@H]1OC1CCCCO1. The van der Waals surface area contributed by atoms with Crippen LogP contribution in [0.25, 0.3) is 0 Å². The maximum atomic E-state index is 11.3. The fourth-order valence-corrected chi connectivity index (χ4v) is 5.61. The molecule has 182 valence electrons. The average molecular weight is 449 g/mol. The predicted molar refractivity (Wildman–Crippen MR) is 126 cm³/mol. The number of rotatable bonds is 13. The molecule has 1 saturated heterocycles. The highest BCUT2D eigenvalue weighted by Crippen LogP contribution is 2.49. The topological polar surface area (TPSA) is 65.0 Å². The summed E-state index contributed by atoms with van der Waals surface area (Å²) in [5.41, 5.74) is 1.53. The minimum absolute atomic E-state index is 0.0697. The van der Waals surface area contributed by atoms with Crippen LogP contribution >= 0.6 is 0 Å². The number of methoxy groups -OCH3 is 1. The summed E-state index contributed by atoms with van der Waals surface area (Å²) in [6.07, 6.45) is 19.7. The highest BCUT2D eigenvalue weighted by Gasteiger charge is 2.45. The molecule has 5 nitrogen and oxygen atoms in total. The molecule has 1 heterocycles. The van der Waals surface area contributed by atoms with E-state index in [1.807, 2.05) is 6.08 Å². The van der Waals surface area contributed by atoms with E-state index in [2.05, 4.69) is 19.1 Å². The molecule has 0 spiro atoms. The van der Waals surface area contributed by atoms with Gasteiger partial charge in [0.15, 0.2) is 6.29 Å². The van der Waals surface area contributed by atoms with Crippen molar-refractivity contribution < 1.29 is 24.1 Å². The molecule has 2 unspecified atom stereocenters. The molecule has 5 heteroatoms. The average Bonchev–Trinajstić information content (AvgIpc) is 3.33. The smallest absolute Gasteiger partial charge is 0.305 e. The first-order valence-electron chi connectivity index (χ1n) is 13.0. The van der Waals surface area contributed by atoms with Gasteiger partial charge in [-0.15, -0.1) is 0 Å². The van der Waals surface area contributed by atoms with E-state index in [4.69, 9.17) is 14.2 Å². The van der Waals surface area contributed by atoms with Crippen LogP contribution in [-0.2, 0) is 19.0 Å². The number of hydrogen-bond acceptors (Lipinski definition) is 5. The summed E-state index contributed by atoms with van der Waals surface area (Å²) in [6.45, 7) is 2.99. The molecule has 0 bridgehead atoms. The van der Waals surface area contributed by atoms with Crippen molar-refractivity contribution in [1.82, 2.24) is 0 Å². The Labute approximate surface area is 194 Å². The fraction of sp³-hybridized carbons (Fsp3) is 0.815. The van der Waals surface area contributed by atoms with Gasteiger partial charge in [-0.1, -0.05) is 50.0 Å². The van der Waals surface area contributed by atoms with E-state index in [0.717, 1.165) is 64.4 Å². The first-order chi connectivity index (χ1) is 15.6. The van der Waals surface area contributed by atoms with Crippen molar-refractivity contribution in [2.75, 3.05) is 13.7 Å². The minimum Gasteiger partial charge on any atom is -0.469 e. The highest BCUT2D eigenvalue weighted by atomic mass is 16.7. The Balaban J connectivity index is 1.56. The molecule has 1 aliphatic heterocycles. The first kappa shape index (κ1) is 25.5. The third-order valence-corrected chi connectivity index (χ3v) is 7.41. The third-order valence-electron chi connectivity index (χ3n) is 7.41. The van der Waals surface area contributed by atoms with Crippen LogP contribution in [0.15, 0.2) is 23.8 Å². The summed E-state index contributed by atoms with van der Waals surface area (Å²) in [6, 6.07) is 0. The van der Waals surface area contributed by atoms with Gasteiger partial charge in [0.25, 0.3) is 0 Å². The molecule has 0 aromatic carbocycles. The molecule has 0 aromatic heterocycles. The second-order valence-corrected chi connectivity index (χ2v) is 9.87. The summed E-state index contributed by atoms with van der Waals surface area (Å²) in [7, 11) is 1.45. The Morgan fingerprint density at radius 3 is 2.91 bits per heavy atom. The largest absolute Gasteiger partial charge is 0.469 e. The molecule has 32 heavy (non-hydrogen) atoms. The van der Waals surface area contributed by atoms with E-state index in [1.54, 1.807) is 0 Å². The number of ether oxygens (including phenoxy) is 3. The van der Waals surface area contributed by atoms with Crippen molar-refractivity contribution in [3.05, 3.63) is 23.8 Å². The molecule has 2 fully saturated rings. The zero-order valence-electron chi connectivity index (χ0n) is 20.2. The second kappa shape index (κ2) is 13.5. The summed E-state index contributed by atoms with van der Waals surface area (Å²) < 4.78 is 17.1. The lowest BCUT2D eigenvalue weighted by molar-refractivity contribution is -0.192. The van der Waals surface area contributed by atoms with Crippen LogP contribution in [0.3, 0.4) is 0 Å². The lowest BCUT2D eigenvalue weighted by Gasteiger charge is -2.29. The molecule has 0 radical (unpaired) electrons. The zero-order chi connectivity index (χ0) is 22.8. The number of carbonyl (C=O) groups excluding carboxylic acids is 1. The zero-order valence-corrected chi connectivity index (χ0v) is 20.2. The maximum Gasteiger partial charge on any atom is 0.305 e. The van der Waals surface area contributed by atoms with E-state index in [-0.39, 0.29) is 24.5 Å². The lowest BCUT2D eigenvalue weighted by atomic mass is 9.88. The Kier molecular flexibility index (Phi) is 10.8. The Morgan fingerprint density at radius 2 is 2.16 bits per heavy atom. The Bertz CT molecular complexity index is 622. The number of unbranched alkanes of at least 4 members (excludes halogenated alkanes) is 3. The molecule has 2 aliphatic carbocycles. The minimum atomic E-state index is -0.362. The monoisotopic (exact) mass is 448 g/mol. The molecular weight excluding hydrogens is 404 g/mol. The fourth-order valence-electron chi connectivity index (χ4n) is 5.61. The van der Waals surface area contributed by atoms with Gasteiger partial charge in [0.1, 0.15) is 0 Å². The van der Waals surface area contributed by atoms with Crippen molar-refractivity contribution in [2.45, 2.75) is 109 Å². The van der Waals surface area contributed by atoms with Crippen LogP contribution in [0, 0.1) is 17.8 Å². The molecule has 0 amide bonds. The summed E-state index contributed by atoms with van der Waals surface area (Å²) >= 11 is 0. The van der Waals surface area contributed by atoms with Gasteiger partial charge in [0, 0.05) is 18.9 Å². The van der Waals surface area contributed by atoms with Gasteiger partial charge in [-0.2, -0.15) is 0 Å². The number of hydrogen-bond donors (Lipinski definition) is 1. The lowest BCUT2D eigenvalue weighted by Crippen LogP contribution is -2.30. The van der Waals surface area contributed by atoms with Crippen molar-refractivity contribution >= 4 is 5.97 Å². The highest BCUT2D eigenvalue weighted by molar-refractivity contribution is 5.68. The van der Waals surface area contributed by atoms with E-state index >= 15 is 0 Å². The van der Waals surface area contributed by atoms with Crippen LogP contribution < -0.4 is 0 Å². The van der Waals surface area contributed by atoms with Crippen molar-refractivity contribution in [3.8, 4) is 0 Å². The van der Waals surface area contributed by atoms with E-state index < -0.39 is 0 Å². The van der Waals surface area contributed by atoms with Crippen LogP contribution in [0.1, 0.15) is 90.4 Å². The summed E-state index contributed by atoms with van der Waals surface area (Å²) in [5, 5.41) is 10.4. The van der Waals surface area contributed by atoms with E-state index in [1.165, 1.54) is 31.9 Å². The van der Waals surface area contributed by atoms with Crippen LogP contribution in [0.5, 0.6) is 0 Å². The number of carbonyl (C=O) groups is 1. The molecule has 3 aliphatic rings. The van der Waals surface area contributed by atoms with Gasteiger partial charge >= 0.3 is 5.97 Å². The van der Waals surface area contributed by atoms with Crippen molar-refractivity contribution in [3.63, 3.8) is 0 Å². The molecular formula is C27H44O5. The summed E-state index contributed by atoms with van der Waals surface area (Å²) in [5.74, 6) is 1.31. The maximum absolute atomic E-state index is 11.3. The van der Waals surface area contributed by atoms with Gasteiger partial charge in [-0.05, 0) is 69.6 Å². The van der Waals surface area contributed by atoms with Crippen LogP contribution in [0.2, 0.25) is 0 Å². The van der Waals surface area contributed by atoms with E-state index in [9.17, 15) is 9.90 Å². The predicted octanol–water partition coefficient (Wildman–Crippen LogP) is 5.71. The Morgan fingerprint density at radius 1 is 1.28 bits per heavy atom. The van der Waals surface area contributed by atoms with Gasteiger partial charge in [-0.3, -0.25) is 4.79 Å². The molecule has 0 aromatic rings. The van der Waals surface area contributed by atoms with E-state index in [0.29, 0.717) is 24.2 Å². The number of aliphatic hydroxyl groups excluding tert-OH is 1. The number of fused-ring (bicyclic) bond motifs is 1. The number of esters is 1. The second-order valence-electron chi connectivity index (χ2n) is 9.87. The molecule has 1 saturated carbocycles. The van der Waals surface area contributed by atoms with Crippen LogP contribution in [0.4, 0.5) is 0 Å². The van der Waals surface area contributed by atoms with Gasteiger partial charge in [-0.25, -0.2) is 0 Å². The Hall–Kier alpha value is -1.17. The van der Waals surface area contributed by atoms with Gasteiger partial charge in [0.05, 0.1) is 19.3 Å². The quantitative estimate of drug-likeness (QED) is 0.222.